The Morgan fingerprint density at radius 3 is 1.83 bits per heavy atom. The number of rotatable bonds is 18. The summed E-state index contributed by atoms with van der Waals surface area (Å²) in [6.07, 6.45) is 4.21. The number of nitrogens with one attached hydrogen (secondary N) is 1. The van der Waals surface area contributed by atoms with Crippen molar-refractivity contribution in [1.82, 2.24) is 10.2 Å². The lowest BCUT2D eigenvalue weighted by molar-refractivity contribution is -0.0280. The minimum atomic E-state index is -0.107. The zero-order valence-electron chi connectivity index (χ0n) is 18.2. The smallest absolute Gasteiger partial charge is 0.0701 e. The summed E-state index contributed by atoms with van der Waals surface area (Å²) in [6.45, 7) is 9.75. The topological polar surface area (TPSA) is 81.7 Å². The first-order valence-electron chi connectivity index (χ1n) is 11.2. The molecule has 0 aromatic carbocycles. The van der Waals surface area contributed by atoms with E-state index < -0.39 is 0 Å². The van der Waals surface area contributed by atoms with Crippen LogP contribution in [0.25, 0.3) is 0 Å². The van der Waals surface area contributed by atoms with Crippen molar-refractivity contribution < 1.29 is 28.8 Å². The summed E-state index contributed by atoms with van der Waals surface area (Å²) in [5.41, 5.74) is 0. The maximum absolute atomic E-state index is 9.66. The summed E-state index contributed by atoms with van der Waals surface area (Å²) in [5, 5.41) is 13.1. The van der Waals surface area contributed by atoms with E-state index >= 15 is 0 Å². The van der Waals surface area contributed by atoms with Crippen LogP contribution in [0.2, 0.25) is 0 Å². The molecular formula is C21H42N2O6. The van der Waals surface area contributed by atoms with Crippen LogP contribution in [0.5, 0.6) is 0 Å². The van der Waals surface area contributed by atoms with Gasteiger partial charge in [-0.1, -0.05) is 0 Å². The van der Waals surface area contributed by atoms with Crippen LogP contribution in [0.1, 0.15) is 25.7 Å². The molecule has 1 saturated heterocycles. The molecule has 1 aliphatic carbocycles. The molecule has 2 N–H and O–H groups in total. The molecule has 0 aromatic rings. The van der Waals surface area contributed by atoms with Crippen LogP contribution in [-0.4, -0.2) is 115 Å². The quantitative estimate of drug-likeness (QED) is 0.312. The van der Waals surface area contributed by atoms with Gasteiger partial charge in [-0.2, -0.15) is 0 Å². The van der Waals surface area contributed by atoms with Crippen LogP contribution in [0.15, 0.2) is 0 Å². The first-order valence-corrected chi connectivity index (χ1v) is 11.2. The van der Waals surface area contributed by atoms with Gasteiger partial charge in [0.15, 0.2) is 0 Å². The highest BCUT2D eigenvalue weighted by atomic mass is 16.6. The predicted octanol–water partition coefficient (Wildman–Crippen LogP) is 0.524. The Bertz CT molecular complexity index is 378. The van der Waals surface area contributed by atoms with E-state index in [-0.39, 0.29) is 6.10 Å². The molecule has 8 nitrogen and oxygen atoms in total. The monoisotopic (exact) mass is 418 g/mol. The predicted molar refractivity (Wildman–Crippen MR) is 111 cm³/mol. The van der Waals surface area contributed by atoms with E-state index in [2.05, 4.69) is 10.2 Å². The maximum Gasteiger partial charge on any atom is 0.0701 e. The fourth-order valence-electron chi connectivity index (χ4n) is 3.76. The molecule has 0 aromatic heterocycles. The van der Waals surface area contributed by atoms with Crippen LogP contribution in [0.3, 0.4) is 0 Å². The summed E-state index contributed by atoms with van der Waals surface area (Å²) < 4.78 is 27.0. The molecule has 0 spiro atoms. The lowest BCUT2D eigenvalue weighted by atomic mass is 9.86. The number of aliphatic hydroxyl groups excluding tert-OH is 1. The first kappa shape index (κ1) is 24.9. The minimum absolute atomic E-state index is 0.107. The molecule has 29 heavy (non-hydrogen) atoms. The third kappa shape index (κ3) is 11.6. The van der Waals surface area contributed by atoms with Crippen molar-refractivity contribution >= 4 is 0 Å². The zero-order chi connectivity index (χ0) is 20.6. The van der Waals surface area contributed by atoms with E-state index in [9.17, 15) is 5.11 Å². The van der Waals surface area contributed by atoms with Gasteiger partial charge in [-0.15, -0.1) is 0 Å². The third-order valence-corrected chi connectivity index (χ3v) is 5.63. The van der Waals surface area contributed by atoms with Gasteiger partial charge in [0.1, 0.15) is 0 Å². The molecule has 0 radical (unpaired) electrons. The molecule has 8 heteroatoms. The lowest BCUT2D eigenvalue weighted by Crippen LogP contribution is -2.50. The third-order valence-electron chi connectivity index (χ3n) is 5.63. The van der Waals surface area contributed by atoms with Crippen LogP contribution in [0, 0.1) is 5.92 Å². The molecule has 0 bridgehead atoms. The van der Waals surface area contributed by atoms with Gasteiger partial charge in [-0.3, -0.25) is 4.90 Å². The Morgan fingerprint density at radius 2 is 1.31 bits per heavy atom. The Hall–Kier alpha value is -0.320. The summed E-state index contributed by atoms with van der Waals surface area (Å²) >= 11 is 0. The van der Waals surface area contributed by atoms with Gasteiger partial charge in [-0.05, 0) is 44.7 Å². The summed E-state index contributed by atoms with van der Waals surface area (Å²) in [7, 11) is 1.66. The number of hydrogen-bond donors (Lipinski definition) is 2. The van der Waals surface area contributed by atoms with Gasteiger partial charge in [0.25, 0.3) is 0 Å². The van der Waals surface area contributed by atoms with Gasteiger partial charge in [0.05, 0.1) is 65.6 Å². The van der Waals surface area contributed by atoms with Gasteiger partial charge < -0.3 is 34.1 Å². The van der Waals surface area contributed by atoms with Crippen molar-refractivity contribution in [3.05, 3.63) is 0 Å². The second-order valence-corrected chi connectivity index (χ2v) is 7.91. The maximum atomic E-state index is 9.66. The number of ether oxygens (including phenoxy) is 5. The highest BCUT2D eigenvalue weighted by Crippen LogP contribution is 2.27. The molecule has 0 amide bonds. The average molecular weight is 419 g/mol. The van der Waals surface area contributed by atoms with Crippen molar-refractivity contribution in [2.45, 2.75) is 37.8 Å². The van der Waals surface area contributed by atoms with E-state index in [1.165, 1.54) is 12.8 Å². The molecule has 0 unspecified atom stereocenters. The highest BCUT2D eigenvalue weighted by Gasteiger charge is 2.33. The van der Waals surface area contributed by atoms with E-state index in [0.29, 0.717) is 58.9 Å². The molecule has 1 heterocycles. The van der Waals surface area contributed by atoms with Crippen molar-refractivity contribution in [3.63, 3.8) is 0 Å². The number of methoxy groups -OCH3 is 1. The van der Waals surface area contributed by atoms with Gasteiger partial charge >= 0.3 is 0 Å². The summed E-state index contributed by atoms with van der Waals surface area (Å²) in [6, 6.07) is 0.523. The second kappa shape index (κ2) is 16.4. The van der Waals surface area contributed by atoms with E-state index in [4.69, 9.17) is 23.7 Å². The molecule has 172 valence electrons. The van der Waals surface area contributed by atoms with Gasteiger partial charge in [0, 0.05) is 26.2 Å². The molecule has 1 aliphatic heterocycles. The van der Waals surface area contributed by atoms with Crippen LogP contribution >= 0.6 is 0 Å². The fourth-order valence-corrected chi connectivity index (χ4v) is 3.76. The molecule has 2 fully saturated rings. The standard InChI is InChI=1S/C21H42N2O6/c1-25-8-9-27-12-13-29-15-14-28-11-10-26-7-6-23(20-16-21(24)17-20)18-19-2-4-22-5-3-19/h19-22,24H,2-18H2,1H3. The van der Waals surface area contributed by atoms with Crippen molar-refractivity contribution in [2.75, 3.05) is 92.8 Å². The summed E-state index contributed by atoms with van der Waals surface area (Å²) in [5.74, 6) is 0.766. The average Bonchev–Trinajstić information content (AvgIpc) is 2.71. The van der Waals surface area contributed by atoms with E-state index in [1.807, 2.05) is 0 Å². The first-order chi connectivity index (χ1) is 14.3. The summed E-state index contributed by atoms with van der Waals surface area (Å²) in [4.78, 5) is 2.53. The second-order valence-electron chi connectivity index (χ2n) is 7.91. The molecule has 1 saturated carbocycles. The Labute approximate surface area is 176 Å². The van der Waals surface area contributed by atoms with Crippen molar-refractivity contribution in [2.24, 2.45) is 5.92 Å². The van der Waals surface area contributed by atoms with Crippen LogP contribution < -0.4 is 5.32 Å². The fraction of sp³-hybridized carbons (Fsp3) is 1.00. The Balaban J connectivity index is 1.41. The number of piperidine rings is 1. The van der Waals surface area contributed by atoms with E-state index in [0.717, 1.165) is 51.5 Å². The van der Waals surface area contributed by atoms with E-state index in [1.54, 1.807) is 7.11 Å². The zero-order valence-corrected chi connectivity index (χ0v) is 18.2. The number of aliphatic hydroxyl groups is 1. The van der Waals surface area contributed by atoms with Crippen LogP contribution in [0.4, 0.5) is 0 Å². The van der Waals surface area contributed by atoms with Crippen molar-refractivity contribution in [3.8, 4) is 0 Å². The molecule has 2 rings (SSSR count). The van der Waals surface area contributed by atoms with Gasteiger partial charge in [0.2, 0.25) is 0 Å². The molecule has 0 atom stereocenters. The number of nitrogens with zero attached hydrogens (tertiary/aromatic N) is 1. The van der Waals surface area contributed by atoms with Crippen molar-refractivity contribution in [1.29, 1.82) is 0 Å². The van der Waals surface area contributed by atoms with Gasteiger partial charge in [-0.25, -0.2) is 0 Å². The lowest BCUT2D eigenvalue weighted by Gasteiger charge is -2.42. The largest absolute Gasteiger partial charge is 0.393 e. The Morgan fingerprint density at radius 1 is 0.793 bits per heavy atom. The SMILES string of the molecule is COCCOCCOCCOCCOCCN(CC1CCNCC1)C1CC(O)C1. The molecular weight excluding hydrogens is 376 g/mol. The normalized spacial score (nSPS) is 22.9. The highest BCUT2D eigenvalue weighted by molar-refractivity contribution is 4.88. The Kier molecular flexibility index (Phi) is 14.1. The molecule has 2 aliphatic rings. The number of hydrogen-bond acceptors (Lipinski definition) is 8. The van der Waals surface area contributed by atoms with Crippen LogP contribution in [-0.2, 0) is 23.7 Å². The minimum Gasteiger partial charge on any atom is -0.393 e.